The molecular weight excluding hydrogens is 480 g/mol. The fourth-order valence-corrected chi connectivity index (χ4v) is 4.47. The van der Waals surface area contributed by atoms with Crippen LogP contribution in [0.15, 0.2) is 54.7 Å². The molecule has 0 radical (unpaired) electrons. The molecule has 10 heteroatoms. The third-order valence-corrected chi connectivity index (χ3v) is 6.26. The normalized spacial score (nSPS) is 19.5. The molecule has 1 saturated heterocycles. The van der Waals surface area contributed by atoms with Crippen LogP contribution in [0.3, 0.4) is 0 Å². The highest BCUT2D eigenvalue weighted by atomic mass is 35.5. The van der Waals surface area contributed by atoms with Crippen molar-refractivity contribution in [2.24, 2.45) is 0 Å². The van der Waals surface area contributed by atoms with Crippen LogP contribution in [0.2, 0.25) is 5.02 Å². The summed E-state index contributed by atoms with van der Waals surface area (Å²) < 4.78 is 40.7. The van der Waals surface area contributed by atoms with Gasteiger partial charge in [-0.15, -0.1) is 0 Å². The Hall–Kier alpha value is -3.72. The van der Waals surface area contributed by atoms with Gasteiger partial charge >= 0.3 is 0 Å². The molecule has 1 fully saturated rings. The van der Waals surface area contributed by atoms with Gasteiger partial charge in [-0.25, -0.2) is 13.8 Å². The number of pyridine rings is 1. The molecule has 1 aliphatic heterocycles. The molecule has 0 bridgehead atoms. The Morgan fingerprint density at radius 2 is 1.74 bits per heavy atom. The molecule has 0 spiro atoms. The molecule has 1 unspecified atom stereocenters. The number of halogens is 3. The van der Waals surface area contributed by atoms with E-state index >= 15 is 8.78 Å². The number of hydrogen-bond donors (Lipinski definition) is 1. The first-order valence-electron chi connectivity index (χ1n) is 10.7. The van der Waals surface area contributed by atoms with Crippen molar-refractivity contribution in [1.82, 2.24) is 10.3 Å². The second kappa shape index (κ2) is 9.87. The molecule has 1 aliphatic rings. The maximum atomic E-state index is 15.2. The third kappa shape index (κ3) is 4.51. The summed E-state index contributed by atoms with van der Waals surface area (Å²) in [6, 6.07) is 9.28. The summed E-state index contributed by atoms with van der Waals surface area (Å²) in [5.41, 5.74) is -0.108. The zero-order valence-electron chi connectivity index (χ0n) is 19.1. The molecule has 1 aromatic heterocycles. The van der Waals surface area contributed by atoms with Gasteiger partial charge in [-0.1, -0.05) is 11.6 Å². The number of nitrogens with zero attached hydrogens (tertiary/aromatic N) is 2. The lowest BCUT2D eigenvalue weighted by Gasteiger charge is -2.26. The Kier molecular flexibility index (Phi) is 6.88. The number of hydrogen-bond acceptors (Lipinski definition) is 5. The summed E-state index contributed by atoms with van der Waals surface area (Å²) >= 11 is 5.90. The molecule has 3 atom stereocenters. The van der Waals surface area contributed by atoms with Crippen molar-refractivity contribution in [2.75, 3.05) is 19.1 Å². The molecule has 2 aromatic carbocycles. The van der Waals surface area contributed by atoms with Gasteiger partial charge in [0.2, 0.25) is 0 Å². The summed E-state index contributed by atoms with van der Waals surface area (Å²) in [5, 5.41) is 3.09. The van der Waals surface area contributed by atoms with Crippen molar-refractivity contribution in [3.63, 3.8) is 0 Å². The molecule has 3 aromatic rings. The van der Waals surface area contributed by atoms with Gasteiger partial charge in [0.1, 0.15) is 23.4 Å². The van der Waals surface area contributed by atoms with Gasteiger partial charge in [0, 0.05) is 46.4 Å². The standard InChI is InChI=1S/C25H22ClF2N3O4/c1-13-20(21-17(27)11-16(34-2)12-18(21)28)22(30-24(32)14-6-8-15(26)9-7-14)25(33)31(13)23-19(35-3)5-4-10-29-23/h4-13,20,22H,1-3H3,(H,30,32)/t13-,20+,22?/m1/s1. The number of methoxy groups -OCH3 is 2. The van der Waals surface area contributed by atoms with E-state index in [9.17, 15) is 9.59 Å². The average molecular weight is 502 g/mol. The van der Waals surface area contributed by atoms with Gasteiger partial charge in [-0.3, -0.25) is 14.5 Å². The first-order valence-corrected chi connectivity index (χ1v) is 11.1. The summed E-state index contributed by atoms with van der Waals surface area (Å²) in [4.78, 5) is 32.2. The highest BCUT2D eigenvalue weighted by molar-refractivity contribution is 6.30. The number of benzene rings is 2. The van der Waals surface area contributed by atoms with E-state index in [1.54, 1.807) is 19.1 Å². The topological polar surface area (TPSA) is 80.8 Å². The smallest absolute Gasteiger partial charge is 0.251 e. The van der Waals surface area contributed by atoms with Gasteiger partial charge in [-0.05, 0) is 43.3 Å². The lowest BCUT2D eigenvalue weighted by molar-refractivity contribution is -0.118. The molecule has 1 N–H and O–H groups in total. The van der Waals surface area contributed by atoms with Crippen molar-refractivity contribution in [3.05, 3.63) is 82.5 Å². The van der Waals surface area contributed by atoms with E-state index in [0.717, 1.165) is 12.1 Å². The molecule has 2 amide bonds. The van der Waals surface area contributed by atoms with E-state index in [1.807, 2.05) is 0 Å². The van der Waals surface area contributed by atoms with Crippen LogP contribution in [0.1, 0.15) is 28.8 Å². The first-order chi connectivity index (χ1) is 16.8. The molecule has 4 rings (SSSR count). The second-order valence-corrected chi connectivity index (χ2v) is 8.40. The van der Waals surface area contributed by atoms with Crippen molar-refractivity contribution in [1.29, 1.82) is 0 Å². The van der Waals surface area contributed by atoms with Crippen molar-refractivity contribution in [3.8, 4) is 11.5 Å². The molecule has 2 heterocycles. The Labute approximate surface area is 205 Å². The number of anilines is 1. The number of aromatic nitrogens is 1. The fraction of sp³-hybridized carbons (Fsp3) is 0.240. The van der Waals surface area contributed by atoms with Crippen LogP contribution in [-0.4, -0.2) is 43.1 Å². The van der Waals surface area contributed by atoms with Crippen LogP contribution < -0.4 is 19.7 Å². The zero-order chi connectivity index (χ0) is 25.3. The largest absolute Gasteiger partial charge is 0.497 e. The zero-order valence-corrected chi connectivity index (χ0v) is 19.8. The third-order valence-electron chi connectivity index (χ3n) is 6.00. The lowest BCUT2D eigenvalue weighted by atomic mass is 9.87. The molecule has 0 saturated carbocycles. The van der Waals surface area contributed by atoms with Crippen LogP contribution in [-0.2, 0) is 4.79 Å². The van der Waals surface area contributed by atoms with E-state index in [1.165, 1.54) is 49.6 Å². The van der Waals surface area contributed by atoms with E-state index in [4.69, 9.17) is 21.1 Å². The molecule has 35 heavy (non-hydrogen) atoms. The molecular formula is C25H22ClF2N3O4. The van der Waals surface area contributed by atoms with Crippen LogP contribution >= 0.6 is 11.6 Å². The number of amides is 2. The Morgan fingerprint density at radius 3 is 2.34 bits per heavy atom. The number of ether oxygens (including phenoxy) is 2. The quantitative estimate of drug-likeness (QED) is 0.543. The summed E-state index contributed by atoms with van der Waals surface area (Å²) in [6.45, 7) is 1.63. The van der Waals surface area contributed by atoms with Crippen LogP contribution in [0.4, 0.5) is 14.6 Å². The van der Waals surface area contributed by atoms with Crippen LogP contribution in [0.5, 0.6) is 11.5 Å². The minimum atomic E-state index is -1.29. The Morgan fingerprint density at radius 1 is 1.09 bits per heavy atom. The van der Waals surface area contributed by atoms with Gasteiger partial charge in [-0.2, -0.15) is 0 Å². The predicted molar refractivity (Wildman–Crippen MR) is 126 cm³/mol. The lowest BCUT2D eigenvalue weighted by Crippen LogP contribution is -2.44. The van der Waals surface area contributed by atoms with E-state index in [-0.39, 0.29) is 22.7 Å². The molecule has 7 nitrogen and oxygen atoms in total. The first kappa shape index (κ1) is 24.4. The Bertz CT molecular complexity index is 1250. The molecule has 182 valence electrons. The number of carbonyl (C=O) groups excluding carboxylic acids is 2. The number of nitrogens with one attached hydrogen (secondary N) is 1. The number of rotatable bonds is 6. The number of carbonyl (C=O) groups is 2. The van der Waals surface area contributed by atoms with Crippen molar-refractivity contribution in [2.45, 2.75) is 24.9 Å². The maximum Gasteiger partial charge on any atom is 0.251 e. The van der Waals surface area contributed by atoms with Crippen molar-refractivity contribution >= 4 is 29.2 Å². The van der Waals surface area contributed by atoms with E-state index in [0.29, 0.717) is 10.8 Å². The van der Waals surface area contributed by atoms with Crippen LogP contribution in [0, 0.1) is 11.6 Å². The minimum absolute atomic E-state index is 0.00859. The summed E-state index contributed by atoms with van der Waals surface area (Å²) in [5.74, 6) is -3.60. The van der Waals surface area contributed by atoms with Gasteiger partial charge in [0.25, 0.3) is 11.8 Å². The fourth-order valence-electron chi connectivity index (χ4n) is 4.35. The highest BCUT2D eigenvalue weighted by Gasteiger charge is 2.51. The maximum absolute atomic E-state index is 15.2. The van der Waals surface area contributed by atoms with Gasteiger partial charge in [0.15, 0.2) is 11.6 Å². The van der Waals surface area contributed by atoms with Crippen molar-refractivity contribution < 1.29 is 27.8 Å². The highest BCUT2D eigenvalue weighted by Crippen LogP contribution is 2.42. The average Bonchev–Trinajstić information content (AvgIpc) is 3.08. The second-order valence-electron chi connectivity index (χ2n) is 7.97. The van der Waals surface area contributed by atoms with E-state index in [2.05, 4.69) is 10.3 Å². The molecule has 0 aliphatic carbocycles. The van der Waals surface area contributed by atoms with Gasteiger partial charge in [0.05, 0.1) is 14.2 Å². The predicted octanol–water partition coefficient (Wildman–Crippen LogP) is 4.35. The van der Waals surface area contributed by atoms with Crippen LogP contribution in [0.25, 0.3) is 0 Å². The summed E-state index contributed by atoms with van der Waals surface area (Å²) in [6.07, 6.45) is 1.47. The monoisotopic (exact) mass is 501 g/mol. The minimum Gasteiger partial charge on any atom is -0.497 e. The Balaban J connectivity index is 1.81. The van der Waals surface area contributed by atoms with E-state index < -0.39 is 41.5 Å². The SMILES string of the molecule is COc1cc(F)c([C@H]2C(NC(=O)c3ccc(Cl)cc3)C(=O)N(c3ncccc3OC)[C@@H]2C)c(F)c1. The van der Waals surface area contributed by atoms with Gasteiger partial charge < -0.3 is 14.8 Å². The summed E-state index contributed by atoms with van der Waals surface area (Å²) in [7, 11) is 2.71.